The van der Waals surface area contributed by atoms with Gasteiger partial charge >= 0.3 is 0 Å². The van der Waals surface area contributed by atoms with Crippen LogP contribution in [0.1, 0.15) is 27.7 Å². The van der Waals surface area contributed by atoms with Crippen molar-refractivity contribution in [1.29, 1.82) is 0 Å². The predicted molar refractivity (Wildman–Crippen MR) is 46.5 cm³/mol. The van der Waals surface area contributed by atoms with E-state index in [0.29, 0.717) is 12.5 Å². The zero-order valence-electron chi connectivity index (χ0n) is 8.22. The smallest absolute Gasteiger partial charge is 0.0644 e. The van der Waals surface area contributed by atoms with E-state index in [1.165, 1.54) is 0 Å². The first kappa shape index (κ1) is 10.9. The summed E-state index contributed by atoms with van der Waals surface area (Å²) < 4.78 is 5.03. The summed E-state index contributed by atoms with van der Waals surface area (Å²) in [5.41, 5.74) is -0.635. The van der Waals surface area contributed by atoms with Gasteiger partial charge in [0.1, 0.15) is 0 Å². The monoisotopic (exact) mass is 160 g/mol. The molecule has 0 saturated carbocycles. The largest absolute Gasteiger partial charge is 0.390 e. The van der Waals surface area contributed by atoms with E-state index in [1.54, 1.807) is 7.11 Å². The maximum absolute atomic E-state index is 9.70. The maximum Gasteiger partial charge on any atom is 0.0644 e. The molecule has 0 spiro atoms. The van der Waals surface area contributed by atoms with Crippen LogP contribution < -0.4 is 0 Å². The van der Waals surface area contributed by atoms with Gasteiger partial charge in [0.15, 0.2) is 0 Å². The van der Waals surface area contributed by atoms with Crippen LogP contribution in [0.5, 0.6) is 0 Å². The normalized spacial score (nSPS) is 15.5. The van der Waals surface area contributed by atoms with Crippen molar-refractivity contribution in [2.75, 3.05) is 13.7 Å². The molecule has 0 aromatic rings. The van der Waals surface area contributed by atoms with Crippen LogP contribution in [0.3, 0.4) is 0 Å². The zero-order valence-corrected chi connectivity index (χ0v) is 8.22. The topological polar surface area (TPSA) is 29.5 Å². The molecule has 2 nitrogen and oxygen atoms in total. The van der Waals surface area contributed by atoms with Crippen LogP contribution in [0, 0.1) is 11.8 Å². The number of hydrogen-bond donors (Lipinski definition) is 1. The van der Waals surface area contributed by atoms with Crippen molar-refractivity contribution in [3.63, 3.8) is 0 Å². The van der Waals surface area contributed by atoms with Gasteiger partial charge in [-0.3, -0.25) is 0 Å². The van der Waals surface area contributed by atoms with Crippen molar-refractivity contribution in [3.8, 4) is 0 Å². The third-order valence-electron chi connectivity index (χ3n) is 2.06. The van der Waals surface area contributed by atoms with Crippen LogP contribution in [0.4, 0.5) is 0 Å². The molecule has 1 unspecified atom stereocenters. The lowest BCUT2D eigenvalue weighted by Gasteiger charge is -2.31. The van der Waals surface area contributed by atoms with E-state index in [4.69, 9.17) is 4.74 Å². The van der Waals surface area contributed by atoms with E-state index < -0.39 is 5.60 Å². The van der Waals surface area contributed by atoms with Crippen molar-refractivity contribution >= 4 is 0 Å². The standard InChI is InChI=1S/C9H20O2/c1-7(2)8(6-11-5)9(3,4)10/h7-8,10H,6H2,1-5H3. The van der Waals surface area contributed by atoms with Crippen molar-refractivity contribution < 1.29 is 9.84 Å². The van der Waals surface area contributed by atoms with E-state index in [0.717, 1.165) is 0 Å². The van der Waals surface area contributed by atoms with Gasteiger partial charge in [0, 0.05) is 13.0 Å². The van der Waals surface area contributed by atoms with Gasteiger partial charge in [-0.2, -0.15) is 0 Å². The van der Waals surface area contributed by atoms with Crippen LogP contribution in [0.2, 0.25) is 0 Å². The second-order valence-electron chi connectivity index (χ2n) is 3.96. The first-order chi connectivity index (χ1) is 4.89. The predicted octanol–water partition coefficient (Wildman–Crippen LogP) is 1.68. The van der Waals surface area contributed by atoms with Crippen molar-refractivity contribution in [3.05, 3.63) is 0 Å². The molecule has 0 amide bonds. The highest BCUT2D eigenvalue weighted by atomic mass is 16.5. The molecule has 0 aromatic heterocycles. The third-order valence-corrected chi connectivity index (χ3v) is 2.06. The molecule has 11 heavy (non-hydrogen) atoms. The lowest BCUT2D eigenvalue weighted by atomic mass is 9.83. The number of ether oxygens (including phenoxy) is 1. The highest BCUT2D eigenvalue weighted by Gasteiger charge is 2.29. The number of methoxy groups -OCH3 is 1. The molecule has 0 aliphatic heterocycles. The Morgan fingerprint density at radius 2 is 1.82 bits per heavy atom. The highest BCUT2D eigenvalue weighted by molar-refractivity contribution is 4.79. The fourth-order valence-corrected chi connectivity index (χ4v) is 1.39. The summed E-state index contributed by atoms with van der Waals surface area (Å²) in [6.07, 6.45) is 0. The van der Waals surface area contributed by atoms with Gasteiger partial charge in [0.05, 0.1) is 12.2 Å². The summed E-state index contributed by atoms with van der Waals surface area (Å²) in [6.45, 7) is 8.48. The number of rotatable bonds is 4. The quantitative estimate of drug-likeness (QED) is 0.678. The van der Waals surface area contributed by atoms with Crippen LogP contribution in [0.15, 0.2) is 0 Å². The fourth-order valence-electron chi connectivity index (χ4n) is 1.39. The van der Waals surface area contributed by atoms with Crippen LogP contribution >= 0.6 is 0 Å². The minimum atomic E-state index is -0.635. The summed E-state index contributed by atoms with van der Waals surface area (Å²) in [6, 6.07) is 0. The molecule has 1 atom stereocenters. The lowest BCUT2D eigenvalue weighted by Crippen LogP contribution is -2.37. The van der Waals surface area contributed by atoms with Crippen molar-refractivity contribution in [1.82, 2.24) is 0 Å². The Kier molecular flexibility index (Phi) is 4.04. The minimum Gasteiger partial charge on any atom is -0.390 e. The summed E-state index contributed by atoms with van der Waals surface area (Å²) in [4.78, 5) is 0. The molecule has 1 N–H and O–H groups in total. The van der Waals surface area contributed by atoms with Gasteiger partial charge in [-0.05, 0) is 19.8 Å². The molecule has 0 rings (SSSR count). The van der Waals surface area contributed by atoms with Gasteiger partial charge in [-0.25, -0.2) is 0 Å². The SMILES string of the molecule is COCC(C(C)C)C(C)(C)O. The average molecular weight is 160 g/mol. The summed E-state index contributed by atoms with van der Waals surface area (Å²) in [5.74, 6) is 0.669. The van der Waals surface area contributed by atoms with Crippen molar-refractivity contribution in [2.24, 2.45) is 11.8 Å². The van der Waals surface area contributed by atoms with E-state index in [2.05, 4.69) is 13.8 Å². The van der Waals surface area contributed by atoms with E-state index in [9.17, 15) is 5.11 Å². The van der Waals surface area contributed by atoms with E-state index in [-0.39, 0.29) is 5.92 Å². The molecule has 0 radical (unpaired) electrons. The summed E-state index contributed by atoms with van der Waals surface area (Å²) in [7, 11) is 1.67. The molecule has 0 aliphatic carbocycles. The Morgan fingerprint density at radius 3 is 1.91 bits per heavy atom. The third kappa shape index (κ3) is 3.73. The molecule has 0 heterocycles. The first-order valence-electron chi connectivity index (χ1n) is 4.11. The lowest BCUT2D eigenvalue weighted by molar-refractivity contribution is -0.0386. The molecule has 68 valence electrons. The molecule has 0 aromatic carbocycles. The second kappa shape index (κ2) is 4.07. The number of hydrogen-bond acceptors (Lipinski definition) is 2. The highest BCUT2D eigenvalue weighted by Crippen LogP contribution is 2.24. The minimum absolute atomic E-state index is 0.215. The van der Waals surface area contributed by atoms with Crippen LogP contribution in [0.25, 0.3) is 0 Å². The summed E-state index contributed by atoms with van der Waals surface area (Å²) >= 11 is 0. The van der Waals surface area contributed by atoms with Gasteiger partial charge in [-0.1, -0.05) is 13.8 Å². The van der Waals surface area contributed by atoms with Crippen LogP contribution in [-0.2, 0) is 4.74 Å². The van der Waals surface area contributed by atoms with Gasteiger partial charge < -0.3 is 9.84 Å². The van der Waals surface area contributed by atoms with E-state index in [1.807, 2.05) is 13.8 Å². The molecule has 0 fully saturated rings. The maximum atomic E-state index is 9.70. The molecule has 0 aliphatic rings. The van der Waals surface area contributed by atoms with Gasteiger partial charge in [0.25, 0.3) is 0 Å². The second-order valence-corrected chi connectivity index (χ2v) is 3.96. The van der Waals surface area contributed by atoms with Gasteiger partial charge in [0.2, 0.25) is 0 Å². The Hall–Kier alpha value is -0.0800. The van der Waals surface area contributed by atoms with Gasteiger partial charge in [-0.15, -0.1) is 0 Å². The Labute approximate surface area is 69.6 Å². The first-order valence-corrected chi connectivity index (χ1v) is 4.11. The zero-order chi connectivity index (χ0) is 9.07. The molecule has 0 saturated heterocycles. The molecule has 2 heteroatoms. The number of aliphatic hydroxyl groups is 1. The fraction of sp³-hybridized carbons (Fsp3) is 1.00. The van der Waals surface area contributed by atoms with E-state index >= 15 is 0 Å². The van der Waals surface area contributed by atoms with Crippen LogP contribution in [-0.4, -0.2) is 24.4 Å². The Bertz CT molecular complexity index is 103. The molecular formula is C9H20O2. The molecule has 0 bridgehead atoms. The Balaban J connectivity index is 4.10. The summed E-state index contributed by atoms with van der Waals surface area (Å²) in [5, 5.41) is 9.70. The average Bonchev–Trinajstić information content (AvgIpc) is 1.79. The molecular weight excluding hydrogens is 140 g/mol. The van der Waals surface area contributed by atoms with Crippen molar-refractivity contribution in [2.45, 2.75) is 33.3 Å². The Morgan fingerprint density at radius 1 is 1.36 bits per heavy atom.